The van der Waals surface area contributed by atoms with Gasteiger partial charge in [0.05, 0.1) is 25.9 Å². The second-order valence-electron chi connectivity index (χ2n) is 5.23. The Hall–Kier alpha value is -1.10. The Morgan fingerprint density at radius 2 is 1.90 bits per heavy atom. The van der Waals surface area contributed by atoms with Gasteiger partial charge in [0.15, 0.2) is 0 Å². The molecule has 0 aliphatic carbocycles. The fourth-order valence-electron chi connectivity index (χ4n) is 1.98. The van der Waals surface area contributed by atoms with E-state index in [1.807, 2.05) is 25.1 Å². The van der Waals surface area contributed by atoms with Crippen LogP contribution in [-0.4, -0.2) is 39.5 Å². The molecule has 0 fully saturated rings. The molecule has 2 unspecified atom stereocenters. The summed E-state index contributed by atoms with van der Waals surface area (Å²) in [6.45, 7) is 7.62. The Morgan fingerprint density at radius 1 is 1.15 bits per heavy atom. The lowest BCUT2D eigenvalue weighted by Gasteiger charge is -2.24. The van der Waals surface area contributed by atoms with Crippen LogP contribution in [0.4, 0.5) is 0 Å². The van der Waals surface area contributed by atoms with Gasteiger partial charge in [-0.15, -0.1) is 0 Å². The summed E-state index contributed by atoms with van der Waals surface area (Å²) in [5.41, 5.74) is 1.11. The van der Waals surface area contributed by atoms with Crippen LogP contribution in [0.5, 0.6) is 5.75 Å². The molecule has 0 aromatic heterocycles. The van der Waals surface area contributed by atoms with Crippen molar-refractivity contribution in [2.24, 2.45) is 0 Å². The van der Waals surface area contributed by atoms with E-state index in [4.69, 9.17) is 14.2 Å². The molecule has 20 heavy (non-hydrogen) atoms. The zero-order valence-electron chi connectivity index (χ0n) is 13.2. The van der Waals surface area contributed by atoms with Crippen LogP contribution in [0, 0.1) is 0 Å². The third kappa shape index (κ3) is 5.90. The lowest BCUT2D eigenvalue weighted by molar-refractivity contribution is -0.0399. The molecule has 0 amide bonds. The van der Waals surface area contributed by atoms with E-state index in [0.717, 1.165) is 17.9 Å². The van der Waals surface area contributed by atoms with Crippen LogP contribution in [0.3, 0.4) is 0 Å². The summed E-state index contributed by atoms with van der Waals surface area (Å²) in [6, 6.07) is 8.43. The van der Waals surface area contributed by atoms with Gasteiger partial charge in [0.2, 0.25) is 0 Å². The van der Waals surface area contributed by atoms with Crippen molar-refractivity contribution < 1.29 is 14.2 Å². The quantitative estimate of drug-likeness (QED) is 0.755. The lowest BCUT2D eigenvalue weighted by atomic mass is 10.1. The van der Waals surface area contributed by atoms with Gasteiger partial charge in [-0.05, 0) is 24.6 Å². The van der Waals surface area contributed by atoms with Gasteiger partial charge in [0.25, 0.3) is 0 Å². The van der Waals surface area contributed by atoms with Crippen molar-refractivity contribution in [2.75, 3.05) is 27.4 Å². The molecule has 1 rings (SSSR count). The van der Waals surface area contributed by atoms with Crippen LogP contribution >= 0.6 is 0 Å². The monoisotopic (exact) mass is 281 g/mol. The molecule has 0 aliphatic heterocycles. The van der Waals surface area contributed by atoms with Crippen LogP contribution in [0.2, 0.25) is 0 Å². The molecule has 1 N–H and O–H groups in total. The molecule has 1 aromatic rings. The van der Waals surface area contributed by atoms with Gasteiger partial charge in [0.1, 0.15) is 5.75 Å². The van der Waals surface area contributed by atoms with Crippen molar-refractivity contribution in [2.45, 2.75) is 39.0 Å². The highest BCUT2D eigenvalue weighted by atomic mass is 16.5. The van der Waals surface area contributed by atoms with E-state index in [-0.39, 0.29) is 12.2 Å². The molecule has 0 aliphatic rings. The van der Waals surface area contributed by atoms with Gasteiger partial charge in [-0.3, -0.25) is 0 Å². The van der Waals surface area contributed by atoms with E-state index < -0.39 is 0 Å². The summed E-state index contributed by atoms with van der Waals surface area (Å²) in [7, 11) is 3.36. The first-order chi connectivity index (χ1) is 9.56. The summed E-state index contributed by atoms with van der Waals surface area (Å²) < 4.78 is 16.5. The number of benzene rings is 1. The zero-order valence-corrected chi connectivity index (χ0v) is 13.2. The third-order valence-electron chi connectivity index (χ3n) is 2.98. The molecule has 2 atom stereocenters. The maximum atomic E-state index is 6.08. The van der Waals surface area contributed by atoms with Crippen LogP contribution in [0.1, 0.15) is 32.4 Å². The minimum Gasteiger partial charge on any atom is -0.497 e. The van der Waals surface area contributed by atoms with E-state index in [0.29, 0.717) is 12.6 Å². The third-order valence-corrected chi connectivity index (χ3v) is 2.98. The van der Waals surface area contributed by atoms with Gasteiger partial charge >= 0.3 is 0 Å². The first-order valence-electron chi connectivity index (χ1n) is 7.08. The van der Waals surface area contributed by atoms with Crippen molar-refractivity contribution >= 4 is 0 Å². The molecule has 0 heterocycles. The van der Waals surface area contributed by atoms with E-state index >= 15 is 0 Å². The molecule has 114 valence electrons. The maximum Gasteiger partial charge on any atom is 0.119 e. The summed E-state index contributed by atoms with van der Waals surface area (Å²) >= 11 is 0. The summed E-state index contributed by atoms with van der Waals surface area (Å²) in [4.78, 5) is 0. The fraction of sp³-hybridized carbons (Fsp3) is 0.625. The normalized spacial score (nSPS) is 14.3. The van der Waals surface area contributed by atoms with Crippen molar-refractivity contribution in [3.8, 4) is 5.75 Å². The van der Waals surface area contributed by atoms with Crippen molar-refractivity contribution in [1.29, 1.82) is 0 Å². The molecule has 0 radical (unpaired) electrons. The Labute approximate surface area is 122 Å². The van der Waals surface area contributed by atoms with Gasteiger partial charge in [-0.1, -0.05) is 26.0 Å². The Kier molecular flexibility index (Phi) is 7.59. The SMILES string of the molecule is COCC(C)OC(CNC(C)C)c1cccc(OC)c1. The van der Waals surface area contributed by atoms with Gasteiger partial charge in [-0.2, -0.15) is 0 Å². The number of rotatable bonds is 9. The second kappa shape index (κ2) is 8.95. The maximum absolute atomic E-state index is 6.08. The van der Waals surface area contributed by atoms with E-state index in [1.165, 1.54) is 0 Å². The first kappa shape index (κ1) is 17.0. The predicted molar refractivity (Wildman–Crippen MR) is 81.3 cm³/mol. The zero-order chi connectivity index (χ0) is 15.0. The van der Waals surface area contributed by atoms with Crippen molar-refractivity contribution in [1.82, 2.24) is 5.32 Å². The standard InChI is InChI=1S/C16H27NO3/c1-12(2)17-10-16(20-13(3)11-18-4)14-7-6-8-15(9-14)19-5/h6-9,12-13,16-17H,10-11H2,1-5H3. The number of hydrogen-bond donors (Lipinski definition) is 1. The number of hydrogen-bond acceptors (Lipinski definition) is 4. The smallest absolute Gasteiger partial charge is 0.119 e. The summed E-state index contributed by atoms with van der Waals surface area (Å²) in [6.07, 6.45) is 0.0304. The number of methoxy groups -OCH3 is 2. The fourth-order valence-corrected chi connectivity index (χ4v) is 1.98. The van der Waals surface area contributed by atoms with Gasteiger partial charge < -0.3 is 19.5 Å². The largest absolute Gasteiger partial charge is 0.497 e. The highest BCUT2D eigenvalue weighted by Gasteiger charge is 2.16. The van der Waals surface area contributed by atoms with Crippen LogP contribution in [0.15, 0.2) is 24.3 Å². The average Bonchev–Trinajstić information content (AvgIpc) is 2.43. The van der Waals surface area contributed by atoms with E-state index in [9.17, 15) is 0 Å². The molecule has 0 spiro atoms. The summed E-state index contributed by atoms with van der Waals surface area (Å²) in [5, 5.41) is 3.42. The number of ether oxygens (including phenoxy) is 3. The number of nitrogens with one attached hydrogen (secondary N) is 1. The minimum atomic E-state index is -0.0161. The molecule has 0 bridgehead atoms. The molecule has 1 aromatic carbocycles. The molecule has 4 nitrogen and oxygen atoms in total. The topological polar surface area (TPSA) is 39.7 Å². The molecule has 0 saturated heterocycles. The van der Waals surface area contributed by atoms with Crippen LogP contribution < -0.4 is 10.1 Å². The average molecular weight is 281 g/mol. The Bertz CT molecular complexity index is 382. The lowest BCUT2D eigenvalue weighted by Crippen LogP contribution is -2.31. The molecular formula is C16H27NO3. The van der Waals surface area contributed by atoms with Gasteiger partial charge in [-0.25, -0.2) is 0 Å². The van der Waals surface area contributed by atoms with E-state index in [2.05, 4.69) is 25.2 Å². The second-order valence-corrected chi connectivity index (χ2v) is 5.23. The van der Waals surface area contributed by atoms with E-state index in [1.54, 1.807) is 14.2 Å². The Morgan fingerprint density at radius 3 is 2.50 bits per heavy atom. The van der Waals surface area contributed by atoms with Crippen LogP contribution in [-0.2, 0) is 9.47 Å². The Balaban J connectivity index is 2.78. The van der Waals surface area contributed by atoms with Crippen molar-refractivity contribution in [3.05, 3.63) is 29.8 Å². The molecular weight excluding hydrogens is 254 g/mol. The van der Waals surface area contributed by atoms with Gasteiger partial charge in [0, 0.05) is 19.7 Å². The minimum absolute atomic E-state index is 0.0161. The molecule has 4 heteroatoms. The highest BCUT2D eigenvalue weighted by molar-refractivity contribution is 5.30. The predicted octanol–water partition coefficient (Wildman–Crippen LogP) is 2.79. The van der Waals surface area contributed by atoms with Crippen molar-refractivity contribution in [3.63, 3.8) is 0 Å². The first-order valence-corrected chi connectivity index (χ1v) is 7.08. The highest BCUT2D eigenvalue weighted by Crippen LogP contribution is 2.23. The van der Waals surface area contributed by atoms with Crippen LogP contribution in [0.25, 0.3) is 0 Å². The summed E-state index contributed by atoms with van der Waals surface area (Å²) in [5.74, 6) is 0.847. The molecule has 0 saturated carbocycles.